The molecule has 0 spiro atoms. The minimum Gasteiger partial charge on any atom is -0.308 e. The van der Waals surface area contributed by atoms with Crippen LogP contribution in [0.2, 0.25) is 0 Å². The molecule has 3 nitrogen and oxygen atoms in total. The van der Waals surface area contributed by atoms with E-state index in [2.05, 4.69) is 18.3 Å². The zero-order valence-corrected chi connectivity index (χ0v) is 11.8. The number of hydrogen-bond donors (Lipinski definition) is 1. The lowest BCUT2D eigenvalue weighted by Crippen LogP contribution is -2.39. The number of fused-ring (bicyclic) bond motifs is 1. The number of benzene rings is 2. The van der Waals surface area contributed by atoms with E-state index in [0.29, 0.717) is 0 Å². The van der Waals surface area contributed by atoms with E-state index in [1.807, 2.05) is 54.3 Å². The zero-order chi connectivity index (χ0) is 14.1. The van der Waals surface area contributed by atoms with Gasteiger partial charge in [-0.15, -0.1) is 0 Å². The van der Waals surface area contributed by atoms with Gasteiger partial charge in [-0.05, 0) is 49.6 Å². The summed E-state index contributed by atoms with van der Waals surface area (Å²) < 4.78 is 0. The lowest BCUT2D eigenvalue weighted by molar-refractivity contribution is 0.256. The Morgan fingerprint density at radius 2 is 2.00 bits per heavy atom. The van der Waals surface area contributed by atoms with Crippen molar-refractivity contribution in [2.24, 2.45) is 0 Å². The van der Waals surface area contributed by atoms with E-state index in [0.717, 1.165) is 23.4 Å². The Labute approximate surface area is 119 Å². The van der Waals surface area contributed by atoms with E-state index < -0.39 is 0 Å². The Kier molecular flexibility index (Phi) is 3.18. The first-order chi connectivity index (χ1) is 9.65. The van der Waals surface area contributed by atoms with Gasteiger partial charge in [-0.2, -0.15) is 0 Å². The summed E-state index contributed by atoms with van der Waals surface area (Å²) in [7, 11) is 0. The molecule has 102 valence electrons. The molecule has 0 saturated carbocycles. The van der Waals surface area contributed by atoms with Crippen LogP contribution in [-0.4, -0.2) is 12.1 Å². The van der Waals surface area contributed by atoms with Crippen LogP contribution in [0.25, 0.3) is 0 Å². The minimum absolute atomic E-state index is 0.0620. The number of carbonyl (C=O) groups excluding carboxylic acids is 1. The first-order valence-corrected chi connectivity index (χ1v) is 6.90. The van der Waals surface area contributed by atoms with Crippen LogP contribution in [0.15, 0.2) is 48.5 Å². The predicted molar refractivity (Wildman–Crippen MR) is 82.3 cm³/mol. The molecule has 2 aromatic rings. The molecular formula is C17H18N2O. The van der Waals surface area contributed by atoms with Gasteiger partial charge < -0.3 is 5.32 Å². The summed E-state index contributed by atoms with van der Waals surface area (Å²) in [6.45, 7) is 4.10. The standard InChI is InChI=1S/C17H18N2O/c1-12-6-5-8-15(10-12)18-17(20)19-13(2)11-14-7-3-4-9-16(14)19/h3-10,13H,11H2,1-2H3,(H,18,20). The first-order valence-electron chi connectivity index (χ1n) is 6.90. The van der Waals surface area contributed by atoms with Gasteiger partial charge in [0.25, 0.3) is 0 Å². The number of carbonyl (C=O) groups is 1. The largest absolute Gasteiger partial charge is 0.326 e. The molecule has 1 aliphatic heterocycles. The molecule has 0 aromatic heterocycles. The van der Waals surface area contributed by atoms with Crippen LogP contribution in [0.3, 0.4) is 0 Å². The third-order valence-electron chi connectivity index (χ3n) is 3.70. The van der Waals surface area contributed by atoms with Gasteiger partial charge in [0.2, 0.25) is 0 Å². The van der Waals surface area contributed by atoms with Crippen LogP contribution < -0.4 is 10.2 Å². The summed E-state index contributed by atoms with van der Waals surface area (Å²) in [5.74, 6) is 0. The molecule has 3 heteroatoms. The fourth-order valence-corrected chi connectivity index (χ4v) is 2.78. The number of amides is 2. The average molecular weight is 266 g/mol. The summed E-state index contributed by atoms with van der Waals surface area (Å²) in [4.78, 5) is 14.4. The highest BCUT2D eigenvalue weighted by molar-refractivity contribution is 6.03. The van der Waals surface area contributed by atoms with Crippen LogP contribution in [0, 0.1) is 6.92 Å². The van der Waals surface area contributed by atoms with Crippen molar-refractivity contribution in [3.63, 3.8) is 0 Å². The Morgan fingerprint density at radius 1 is 1.20 bits per heavy atom. The van der Waals surface area contributed by atoms with Gasteiger partial charge in [-0.25, -0.2) is 4.79 Å². The van der Waals surface area contributed by atoms with E-state index in [-0.39, 0.29) is 12.1 Å². The maximum Gasteiger partial charge on any atom is 0.326 e. The van der Waals surface area contributed by atoms with Crippen molar-refractivity contribution in [1.82, 2.24) is 0 Å². The van der Waals surface area contributed by atoms with E-state index >= 15 is 0 Å². The molecule has 0 saturated heterocycles. The Bertz CT molecular complexity index is 651. The summed E-state index contributed by atoms with van der Waals surface area (Å²) in [5.41, 5.74) is 4.23. The first kappa shape index (κ1) is 12.7. The second kappa shape index (κ2) is 5.00. The molecule has 0 fully saturated rings. The van der Waals surface area contributed by atoms with Crippen LogP contribution >= 0.6 is 0 Å². The Balaban J connectivity index is 1.84. The van der Waals surface area contributed by atoms with E-state index in [9.17, 15) is 4.79 Å². The van der Waals surface area contributed by atoms with Gasteiger partial charge in [0.1, 0.15) is 0 Å². The molecule has 2 aromatic carbocycles. The number of urea groups is 1. The number of rotatable bonds is 1. The normalized spacial score (nSPS) is 16.9. The number of aryl methyl sites for hydroxylation is 1. The molecule has 3 rings (SSSR count). The molecule has 0 radical (unpaired) electrons. The predicted octanol–water partition coefficient (Wildman–Crippen LogP) is 3.98. The number of hydrogen-bond acceptors (Lipinski definition) is 1. The van der Waals surface area contributed by atoms with Gasteiger partial charge in [-0.3, -0.25) is 4.90 Å². The van der Waals surface area contributed by atoms with Gasteiger partial charge in [0.05, 0.1) is 0 Å². The van der Waals surface area contributed by atoms with Crippen LogP contribution in [0.1, 0.15) is 18.1 Å². The molecule has 1 atom stereocenters. The lowest BCUT2D eigenvalue weighted by Gasteiger charge is -2.23. The quantitative estimate of drug-likeness (QED) is 0.832. The molecule has 1 unspecified atom stereocenters. The highest BCUT2D eigenvalue weighted by atomic mass is 16.2. The lowest BCUT2D eigenvalue weighted by atomic mass is 10.1. The fourth-order valence-electron chi connectivity index (χ4n) is 2.78. The third kappa shape index (κ3) is 2.27. The maximum atomic E-state index is 12.5. The number of anilines is 2. The molecule has 1 N–H and O–H groups in total. The molecule has 1 heterocycles. The van der Waals surface area contributed by atoms with Crippen molar-refractivity contribution in [1.29, 1.82) is 0 Å². The average Bonchev–Trinajstić information content (AvgIpc) is 2.74. The van der Waals surface area contributed by atoms with Crippen LogP contribution in [-0.2, 0) is 6.42 Å². The molecule has 1 aliphatic rings. The van der Waals surface area contributed by atoms with Crippen molar-refractivity contribution in [3.05, 3.63) is 59.7 Å². The Hall–Kier alpha value is -2.29. The summed E-state index contributed by atoms with van der Waals surface area (Å²) in [6, 6.07) is 16.1. The number of para-hydroxylation sites is 1. The highest BCUT2D eigenvalue weighted by Gasteiger charge is 2.30. The van der Waals surface area contributed by atoms with Crippen molar-refractivity contribution in [3.8, 4) is 0 Å². The second-order valence-corrected chi connectivity index (χ2v) is 5.35. The molecule has 0 bridgehead atoms. The minimum atomic E-state index is -0.0620. The topological polar surface area (TPSA) is 32.3 Å². The maximum absolute atomic E-state index is 12.5. The van der Waals surface area contributed by atoms with E-state index in [1.54, 1.807) is 0 Å². The monoisotopic (exact) mass is 266 g/mol. The number of nitrogens with one attached hydrogen (secondary N) is 1. The van der Waals surface area contributed by atoms with Crippen molar-refractivity contribution < 1.29 is 4.79 Å². The van der Waals surface area contributed by atoms with Crippen LogP contribution in [0.4, 0.5) is 16.2 Å². The van der Waals surface area contributed by atoms with Crippen molar-refractivity contribution in [2.45, 2.75) is 26.3 Å². The van der Waals surface area contributed by atoms with Gasteiger partial charge in [0.15, 0.2) is 0 Å². The number of nitrogens with zero attached hydrogens (tertiary/aromatic N) is 1. The van der Waals surface area contributed by atoms with E-state index in [1.165, 1.54) is 5.56 Å². The van der Waals surface area contributed by atoms with Crippen LogP contribution in [0.5, 0.6) is 0 Å². The van der Waals surface area contributed by atoms with Crippen molar-refractivity contribution in [2.75, 3.05) is 10.2 Å². The zero-order valence-electron chi connectivity index (χ0n) is 11.8. The molecular weight excluding hydrogens is 248 g/mol. The van der Waals surface area contributed by atoms with Crippen molar-refractivity contribution >= 4 is 17.4 Å². The third-order valence-corrected chi connectivity index (χ3v) is 3.70. The second-order valence-electron chi connectivity index (χ2n) is 5.35. The fraction of sp³-hybridized carbons (Fsp3) is 0.235. The summed E-state index contributed by atoms with van der Waals surface area (Å²) in [6.07, 6.45) is 0.914. The van der Waals surface area contributed by atoms with E-state index in [4.69, 9.17) is 0 Å². The highest BCUT2D eigenvalue weighted by Crippen LogP contribution is 2.32. The Morgan fingerprint density at radius 3 is 2.80 bits per heavy atom. The molecule has 20 heavy (non-hydrogen) atoms. The molecule has 2 amide bonds. The van der Waals surface area contributed by atoms with Gasteiger partial charge in [0, 0.05) is 17.4 Å². The van der Waals surface area contributed by atoms with Gasteiger partial charge in [-0.1, -0.05) is 30.3 Å². The summed E-state index contributed by atoms with van der Waals surface area (Å²) >= 11 is 0. The smallest absolute Gasteiger partial charge is 0.308 e. The molecule has 0 aliphatic carbocycles. The van der Waals surface area contributed by atoms with Gasteiger partial charge >= 0.3 is 6.03 Å². The SMILES string of the molecule is Cc1cccc(NC(=O)N2c3ccccc3CC2C)c1. The summed E-state index contributed by atoms with van der Waals surface area (Å²) in [5, 5.41) is 2.98.